The molecule has 2 amide bonds. The van der Waals surface area contributed by atoms with E-state index < -0.39 is 34.6 Å². The Morgan fingerprint density at radius 1 is 1.00 bits per heavy atom. The second-order valence-corrected chi connectivity index (χ2v) is 6.89. The van der Waals surface area contributed by atoms with Crippen LogP contribution >= 0.6 is 0 Å². The molecule has 11 heteroatoms. The third kappa shape index (κ3) is 3.65. The number of hydrogen-bond donors (Lipinski definition) is 1. The van der Waals surface area contributed by atoms with Crippen molar-refractivity contribution >= 4 is 23.2 Å². The molecule has 29 heavy (non-hydrogen) atoms. The van der Waals surface area contributed by atoms with E-state index in [1.165, 1.54) is 26.2 Å². The summed E-state index contributed by atoms with van der Waals surface area (Å²) in [5.74, 6) is -1.45. The molecule has 0 aliphatic carbocycles. The number of rotatable bonds is 4. The summed E-state index contributed by atoms with van der Waals surface area (Å²) in [7, 11) is 2.53. The number of carbonyl (C=O) groups is 2. The Balaban J connectivity index is 0.00000300. The van der Waals surface area contributed by atoms with Crippen LogP contribution in [0.4, 0.5) is 11.4 Å². The Kier molecular flexibility index (Phi) is 6.22. The molecule has 2 aromatic rings. The molecule has 2 heterocycles. The van der Waals surface area contributed by atoms with Crippen molar-refractivity contribution in [1.82, 2.24) is 14.0 Å². The van der Waals surface area contributed by atoms with Gasteiger partial charge in [-0.05, 0) is 18.1 Å². The molecule has 1 N–H and O–H groups in total. The van der Waals surface area contributed by atoms with E-state index in [9.17, 15) is 24.3 Å². The molecule has 0 saturated heterocycles. The van der Waals surface area contributed by atoms with Crippen molar-refractivity contribution in [1.29, 1.82) is 0 Å². The molecule has 0 spiro atoms. The van der Waals surface area contributed by atoms with E-state index in [1.54, 1.807) is 6.07 Å². The van der Waals surface area contributed by atoms with Gasteiger partial charge >= 0.3 is 22.2 Å². The van der Waals surface area contributed by atoms with Crippen molar-refractivity contribution in [3.63, 3.8) is 0 Å². The van der Waals surface area contributed by atoms with E-state index in [0.29, 0.717) is 0 Å². The average Bonchev–Trinajstić information content (AvgIpc) is 2.90. The Morgan fingerprint density at radius 2 is 1.66 bits per heavy atom. The Morgan fingerprint density at radius 3 is 2.28 bits per heavy atom. The molecule has 1 aliphatic rings. The fraction of sp³-hybridized carbons (Fsp3) is 0.333. The molecule has 1 aromatic heterocycles. The Labute approximate surface area is 175 Å². The first kappa shape index (κ1) is 22.2. The minimum atomic E-state index is -0.833. The number of fused-ring (bicyclic) bond motifs is 1. The van der Waals surface area contributed by atoms with Crippen LogP contribution < -0.4 is 11.2 Å². The summed E-state index contributed by atoms with van der Waals surface area (Å²) in [5.41, 5.74) is -1.60. The maximum Gasteiger partial charge on any atom is 2.00 e. The van der Waals surface area contributed by atoms with Crippen molar-refractivity contribution < 1.29 is 31.2 Å². The molecule has 154 valence electrons. The van der Waals surface area contributed by atoms with Crippen LogP contribution in [0.25, 0.3) is 0 Å². The number of amides is 2. The summed E-state index contributed by atoms with van der Waals surface area (Å²) < 4.78 is 1.63. The van der Waals surface area contributed by atoms with Gasteiger partial charge in [0.05, 0.1) is 16.8 Å². The van der Waals surface area contributed by atoms with Gasteiger partial charge in [0.2, 0.25) is 11.6 Å². The van der Waals surface area contributed by atoms with Gasteiger partial charge in [0.1, 0.15) is 0 Å². The largest absolute Gasteiger partial charge is 2.00 e. The molecule has 0 atom stereocenters. The van der Waals surface area contributed by atoms with Crippen molar-refractivity contribution in [2.24, 2.45) is 30.2 Å². The quantitative estimate of drug-likeness (QED) is 0.434. The van der Waals surface area contributed by atoms with Crippen molar-refractivity contribution in [2.75, 3.05) is 6.54 Å². The number of nitrogens with zero attached hydrogens (tertiary/aromatic N) is 5. The zero-order valence-corrected chi connectivity index (χ0v) is 17.1. The van der Waals surface area contributed by atoms with Gasteiger partial charge < -0.3 is 5.11 Å². The van der Waals surface area contributed by atoms with Gasteiger partial charge in [0.25, 0.3) is 17.4 Å². The van der Waals surface area contributed by atoms with Crippen molar-refractivity contribution in [2.45, 2.75) is 13.8 Å². The van der Waals surface area contributed by atoms with Gasteiger partial charge in [0.15, 0.2) is 0 Å². The van der Waals surface area contributed by atoms with E-state index in [-0.39, 0.29) is 45.8 Å². The van der Waals surface area contributed by atoms with Gasteiger partial charge in [0, 0.05) is 20.6 Å². The van der Waals surface area contributed by atoms with Crippen LogP contribution in [0.5, 0.6) is 5.88 Å². The van der Waals surface area contributed by atoms with E-state index in [2.05, 4.69) is 10.2 Å². The van der Waals surface area contributed by atoms with Crippen LogP contribution in [0.15, 0.2) is 38.0 Å². The third-order valence-corrected chi connectivity index (χ3v) is 4.39. The molecule has 1 aliphatic heterocycles. The molecular formula is C18H19N5NiO5+2. The van der Waals surface area contributed by atoms with Gasteiger partial charge in [-0.3, -0.25) is 28.4 Å². The normalized spacial score (nSPS) is 13.3. The summed E-state index contributed by atoms with van der Waals surface area (Å²) in [6, 6.07) is 4.56. The molecule has 0 unspecified atom stereocenters. The van der Waals surface area contributed by atoms with Crippen LogP contribution in [-0.2, 0) is 30.6 Å². The number of aromatic nitrogens is 2. The monoisotopic (exact) mass is 443 g/mol. The molecular weight excluding hydrogens is 425 g/mol. The number of azo groups is 1. The van der Waals surface area contributed by atoms with E-state index >= 15 is 0 Å². The molecule has 0 fully saturated rings. The van der Waals surface area contributed by atoms with Crippen molar-refractivity contribution in [3.05, 3.63) is 50.2 Å². The molecule has 0 saturated carbocycles. The minimum Gasteiger partial charge on any atom is -0.493 e. The van der Waals surface area contributed by atoms with E-state index in [1.807, 2.05) is 13.8 Å². The first-order valence-corrected chi connectivity index (χ1v) is 8.55. The summed E-state index contributed by atoms with van der Waals surface area (Å²) >= 11 is 0. The molecule has 3 rings (SSSR count). The summed E-state index contributed by atoms with van der Waals surface area (Å²) in [6.45, 7) is 4.05. The molecule has 10 nitrogen and oxygen atoms in total. The second-order valence-electron chi connectivity index (χ2n) is 6.89. The van der Waals surface area contributed by atoms with Crippen LogP contribution in [0.3, 0.4) is 0 Å². The number of carbonyl (C=O) groups excluding carboxylic acids is 2. The molecule has 0 bridgehead atoms. The fourth-order valence-electron chi connectivity index (χ4n) is 2.94. The van der Waals surface area contributed by atoms with Crippen LogP contribution in [0, 0.1) is 5.92 Å². The number of benzene rings is 1. The number of hydrogen-bond acceptors (Lipinski definition) is 7. The summed E-state index contributed by atoms with van der Waals surface area (Å²) in [5, 5.41) is 17.7. The second kappa shape index (κ2) is 8.12. The first-order chi connectivity index (χ1) is 13.1. The number of aromatic hydroxyl groups is 1. The maximum atomic E-state index is 12.7. The smallest absolute Gasteiger partial charge is 0.493 e. The van der Waals surface area contributed by atoms with E-state index in [4.69, 9.17) is 0 Å². The molecule has 1 aromatic carbocycles. The van der Waals surface area contributed by atoms with E-state index in [0.717, 1.165) is 14.0 Å². The standard InChI is InChI=1S/C18H19N5O5.Ni/c1-9(2)8-23-14(24)10-6-5-7-11(12(10)15(23)25)19-20-13-16(26)21(3)18(28)22(4)17(13)27;/h5-7,9,26H,8H2,1-4H3;/q;+2. The Bertz CT molecular complexity index is 1150. The fourth-order valence-corrected chi connectivity index (χ4v) is 2.94. The zero-order chi connectivity index (χ0) is 20.7. The summed E-state index contributed by atoms with van der Waals surface area (Å²) in [4.78, 5) is 50.4. The van der Waals surface area contributed by atoms with Gasteiger partial charge in [-0.15, -0.1) is 10.2 Å². The molecule has 0 radical (unpaired) electrons. The average molecular weight is 444 g/mol. The zero-order valence-electron chi connectivity index (χ0n) is 16.1. The Hall–Kier alpha value is -3.07. The third-order valence-electron chi connectivity index (χ3n) is 4.39. The minimum absolute atomic E-state index is 0. The maximum absolute atomic E-state index is 12.7. The summed E-state index contributed by atoms with van der Waals surface area (Å²) in [6.07, 6.45) is 0. The van der Waals surface area contributed by atoms with Crippen molar-refractivity contribution in [3.8, 4) is 5.88 Å². The van der Waals surface area contributed by atoms with Gasteiger partial charge in [-0.1, -0.05) is 19.9 Å². The topological polar surface area (TPSA) is 126 Å². The predicted octanol–water partition coefficient (Wildman–Crippen LogP) is 1.45. The van der Waals surface area contributed by atoms with Gasteiger partial charge in [-0.25, -0.2) is 4.79 Å². The SMILES string of the molecule is CC(C)CN1C(=O)c2cccc(N=Nc3c(O)n(C)c(=O)n(C)c3=O)c2C1=O.[Ni+2]. The van der Waals surface area contributed by atoms with Gasteiger partial charge in [-0.2, -0.15) is 0 Å². The van der Waals surface area contributed by atoms with Crippen LogP contribution in [0.1, 0.15) is 34.6 Å². The first-order valence-electron chi connectivity index (χ1n) is 8.55. The van der Waals surface area contributed by atoms with Crippen LogP contribution in [0.2, 0.25) is 0 Å². The van der Waals surface area contributed by atoms with Crippen LogP contribution in [-0.4, -0.2) is 37.5 Å². The number of imide groups is 1. The predicted molar refractivity (Wildman–Crippen MR) is 99.4 cm³/mol.